The van der Waals surface area contributed by atoms with Gasteiger partial charge in [-0.15, -0.1) is 0 Å². The minimum atomic E-state index is -4.26. The van der Waals surface area contributed by atoms with E-state index in [0.717, 1.165) is 49.5 Å². The number of anilines is 2. The van der Waals surface area contributed by atoms with Gasteiger partial charge in [0, 0.05) is 79.2 Å². The number of hydrogen-bond donors (Lipinski definition) is 2. The molecule has 2 aliphatic heterocycles. The second-order valence-electron chi connectivity index (χ2n) is 14.2. The third-order valence-corrected chi connectivity index (χ3v) is 12.0. The van der Waals surface area contributed by atoms with E-state index >= 15 is 0 Å². The first-order chi connectivity index (χ1) is 27.6. The predicted octanol–water partition coefficient (Wildman–Crippen LogP) is 7.12. The lowest BCUT2D eigenvalue weighted by atomic mass is 9.95. The van der Waals surface area contributed by atoms with Gasteiger partial charge in [-0.25, -0.2) is 13.1 Å². The summed E-state index contributed by atoms with van der Waals surface area (Å²) in [6, 6.07) is 36.2. The van der Waals surface area contributed by atoms with Crippen molar-refractivity contribution in [3.05, 3.63) is 153 Å². The maximum Gasteiger partial charge on any atom is 0.268 e. The number of nitrogens with one attached hydrogen (secondary N) is 2. The van der Waals surface area contributed by atoms with Crippen LogP contribution in [0.25, 0.3) is 11.1 Å². The van der Waals surface area contributed by atoms with Gasteiger partial charge in [0.1, 0.15) is 19.0 Å². The summed E-state index contributed by atoms with van der Waals surface area (Å²) in [5.74, 6) is -0.773. The molecule has 12 nitrogen and oxygen atoms in total. The van der Waals surface area contributed by atoms with Crippen LogP contribution >= 0.6 is 11.6 Å². The van der Waals surface area contributed by atoms with Gasteiger partial charge in [-0.2, -0.15) is 0 Å². The van der Waals surface area contributed by atoms with Crippen molar-refractivity contribution in [1.29, 1.82) is 0 Å². The van der Waals surface area contributed by atoms with Crippen molar-refractivity contribution in [2.45, 2.75) is 30.5 Å². The van der Waals surface area contributed by atoms with Gasteiger partial charge in [-0.1, -0.05) is 78.3 Å². The monoisotopic (exact) mass is 809 g/mol. The van der Waals surface area contributed by atoms with Crippen LogP contribution in [-0.4, -0.2) is 76.1 Å². The Balaban J connectivity index is 1.02. The van der Waals surface area contributed by atoms with E-state index in [4.69, 9.17) is 21.1 Å². The van der Waals surface area contributed by atoms with Crippen molar-refractivity contribution >= 4 is 38.9 Å². The number of rotatable bonds is 14. The van der Waals surface area contributed by atoms with Crippen molar-refractivity contribution in [3.8, 4) is 16.9 Å². The molecule has 1 amide bonds. The van der Waals surface area contributed by atoms with Crippen LogP contribution in [-0.2, 0) is 27.9 Å². The lowest BCUT2D eigenvalue weighted by molar-refractivity contribution is -0.539. The summed E-state index contributed by atoms with van der Waals surface area (Å²) in [5, 5.41) is 15.3. The second-order valence-corrected chi connectivity index (χ2v) is 16.3. The third kappa shape index (κ3) is 10.1. The first-order valence-corrected chi connectivity index (χ1v) is 20.7. The van der Waals surface area contributed by atoms with Crippen LogP contribution in [0.4, 0.5) is 11.4 Å². The molecule has 0 spiro atoms. The molecule has 2 atom stereocenters. The minimum absolute atomic E-state index is 0.0673. The van der Waals surface area contributed by atoms with Crippen LogP contribution in [0, 0.1) is 16.0 Å². The predicted molar refractivity (Wildman–Crippen MR) is 221 cm³/mol. The van der Waals surface area contributed by atoms with Gasteiger partial charge >= 0.3 is 0 Å². The fourth-order valence-electron chi connectivity index (χ4n) is 7.20. The number of piperazine rings is 1. The summed E-state index contributed by atoms with van der Waals surface area (Å²) < 4.78 is 40.6. The van der Waals surface area contributed by atoms with E-state index in [-0.39, 0.29) is 40.3 Å². The number of halogens is 1. The molecule has 7 rings (SSSR count). The summed E-state index contributed by atoms with van der Waals surface area (Å²) >= 11 is 6.14. The molecule has 2 fully saturated rings. The molecule has 2 heterocycles. The highest BCUT2D eigenvalue weighted by Gasteiger charge is 2.34. The van der Waals surface area contributed by atoms with Crippen LogP contribution in [0.1, 0.15) is 27.9 Å². The molecular formula is C43H44ClN5O7S. The number of sulfonamides is 1. The number of hydrogen-bond acceptors (Lipinski definition) is 10. The van der Waals surface area contributed by atoms with Crippen LogP contribution in [0.3, 0.4) is 0 Å². The zero-order chi connectivity index (χ0) is 39.8. The molecule has 296 valence electrons. The average Bonchev–Trinajstić information content (AvgIpc) is 3.23. The van der Waals surface area contributed by atoms with Crippen LogP contribution in [0.5, 0.6) is 5.75 Å². The quantitative estimate of drug-likeness (QED) is 0.0880. The molecule has 0 saturated carbocycles. The number of carbonyl (C=O) groups is 1. The molecule has 14 heteroatoms. The summed E-state index contributed by atoms with van der Waals surface area (Å²) in [6.45, 7) is 4.98. The molecule has 57 heavy (non-hydrogen) atoms. The van der Waals surface area contributed by atoms with E-state index in [1.807, 2.05) is 66.7 Å². The van der Waals surface area contributed by atoms with Gasteiger partial charge < -0.3 is 19.7 Å². The van der Waals surface area contributed by atoms with Gasteiger partial charge in [0.15, 0.2) is 0 Å². The molecule has 5 aromatic rings. The SMILES string of the molecule is O=C(NS(=O)(=O)c1ccc(NCC2CCOCC2[N+](=O)[O-])cc1)c1ccc(N2CCN(Cc3ccccc3-c3ccc(Cl)cc3)CC2)cc1OCc1ccccc1. The van der Waals surface area contributed by atoms with Gasteiger partial charge in [-0.3, -0.25) is 19.8 Å². The maximum absolute atomic E-state index is 13.7. The Morgan fingerprint density at radius 1 is 0.895 bits per heavy atom. The maximum atomic E-state index is 13.7. The van der Waals surface area contributed by atoms with Gasteiger partial charge in [0.05, 0.1) is 10.5 Å². The third-order valence-electron chi connectivity index (χ3n) is 10.4. The molecule has 0 aromatic heterocycles. The summed E-state index contributed by atoms with van der Waals surface area (Å²) in [7, 11) is -4.26. The molecular weight excluding hydrogens is 766 g/mol. The smallest absolute Gasteiger partial charge is 0.268 e. The van der Waals surface area contributed by atoms with Crippen molar-refractivity contribution < 1.29 is 27.6 Å². The Kier molecular flexibility index (Phi) is 12.7. The Bertz CT molecular complexity index is 2270. The Hall–Kier alpha value is -5.47. The number of ether oxygens (including phenoxy) is 2. The highest BCUT2D eigenvalue weighted by Crippen LogP contribution is 2.30. The summed E-state index contributed by atoms with van der Waals surface area (Å²) in [6.07, 6.45) is 0.549. The van der Waals surface area contributed by atoms with Gasteiger partial charge in [0.2, 0.25) is 6.04 Å². The summed E-state index contributed by atoms with van der Waals surface area (Å²) in [4.78, 5) is 29.3. The van der Waals surface area contributed by atoms with Crippen molar-refractivity contribution in [2.24, 2.45) is 5.92 Å². The average molecular weight is 810 g/mol. The fourth-order valence-corrected chi connectivity index (χ4v) is 8.29. The number of nitro groups is 1. The normalized spacial score (nSPS) is 17.5. The first kappa shape index (κ1) is 39.8. The molecule has 0 bridgehead atoms. The second kappa shape index (κ2) is 18.2. The number of carbonyl (C=O) groups excluding carboxylic acids is 1. The van der Waals surface area contributed by atoms with E-state index in [9.17, 15) is 23.3 Å². The van der Waals surface area contributed by atoms with E-state index in [2.05, 4.69) is 38.0 Å². The topological polar surface area (TPSA) is 143 Å². The van der Waals surface area contributed by atoms with Crippen LogP contribution < -0.4 is 19.7 Å². The molecule has 0 aliphatic carbocycles. The van der Waals surface area contributed by atoms with Crippen molar-refractivity contribution in [2.75, 3.05) is 56.2 Å². The van der Waals surface area contributed by atoms with Crippen molar-refractivity contribution in [1.82, 2.24) is 9.62 Å². The number of nitrogens with zero attached hydrogens (tertiary/aromatic N) is 3. The number of benzene rings is 5. The van der Waals surface area contributed by atoms with Crippen LogP contribution in [0.2, 0.25) is 5.02 Å². The summed E-state index contributed by atoms with van der Waals surface area (Å²) in [5.41, 5.74) is 5.99. The van der Waals surface area contributed by atoms with E-state index in [0.29, 0.717) is 30.3 Å². The van der Waals surface area contributed by atoms with Crippen molar-refractivity contribution in [3.63, 3.8) is 0 Å². The molecule has 2 aliphatic rings. The zero-order valence-electron chi connectivity index (χ0n) is 31.3. The van der Waals surface area contributed by atoms with Gasteiger partial charge in [0.25, 0.3) is 15.9 Å². The van der Waals surface area contributed by atoms with Crippen LogP contribution in [0.15, 0.2) is 126 Å². The molecule has 5 aromatic carbocycles. The zero-order valence-corrected chi connectivity index (χ0v) is 32.8. The fraction of sp³-hybridized carbons (Fsp3) is 0.279. The standard InChI is InChI=1S/C43H44ClN5O7S/c44-35-12-10-32(11-13-35)39-9-5-4-8-34(39)28-47-21-23-48(24-22-47)37-16-19-40(42(26-37)56-29-31-6-2-1-3-7-31)43(50)46-57(53,54)38-17-14-36(15-18-38)45-27-33-20-25-55-30-41(33)49(51)52/h1-19,26,33,41,45H,20-25,27-30H2,(H,46,50). The highest BCUT2D eigenvalue weighted by atomic mass is 35.5. The molecule has 2 saturated heterocycles. The molecule has 0 radical (unpaired) electrons. The largest absolute Gasteiger partial charge is 0.488 e. The lowest BCUT2D eigenvalue weighted by Crippen LogP contribution is -2.46. The Morgan fingerprint density at radius 3 is 2.35 bits per heavy atom. The number of amides is 1. The first-order valence-electron chi connectivity index (χ1n) is 18.9. The minimum Gasteiger partial charge on any atom is -0.488 e. The molecule has 2 unspecified atom stereocenters. The van der Waals surface area contributed by atoms with E-state index < -0.39 is 22.0 Å². The Morgan fingerprint density at radius 2 is 1.61 bits per heavy atom. The Labute approximate surface area is 337 Å². The van der Waals surface area contributed by atoms with E-state index in [1.54, 1.807) is 24.3 Å². The molecule has 2 N–H and O–H groups in total. The van der Waals surface area contributed by atoms with E-state index in [1.165, 1.54) is 23.3 Å². The van der Waals surface area contributed by atoms with Gasteiger partial charge in [-0.05, 0) is 77.2 Å². The lowest BCUT2D eigenvalue weighted by Gasteiger charge is -2.36. The highest BCUT2D eigenvalue weighted by molar-refractivity contribution is 7.90.